The molecule has 0 radical (unpaired) electrons. The summed E-state index contributed by atoms with van der Waals surface area (Å²) in [6.45, 7) is 1.93. The van der Waals surface area contributed by atoms with E-state index in [1.165, 1.54) is 0 Å². The van der Waals surface area contributed by atoms with E-state index in [0.29, 0.717) is 12.3 Å². The van der Waals surface area contributed by atoms with Gasteiger partial charge in [-0.3, -0.25) is 4.79 Å². The van der Waals surface area contributed by atoms with Crippen LogP contribution in [0.1, 0.15) is 13.3 Å². The summed E-state index contributed by atoms with van der Waals surface area (Å²) in [4.78, 5) is 9.97. The van der Waals surface area contributed by atoms with Gasteiger partial charge in [-0.25, -0.2) is 0 Å². The predicted molar refractivity (Wildman–Crippen MR) is 40.3 cm³/mol. The highest BCUT2D eigenvalue weighted by molar-refractivity contribution is 14.1. The second-order valence-corrected chi connectivity index (χ2v) is 2.74. The first kappa shape index (κ1) is 8.20. The van der Waals surface area contributed by atoms with Crippen LogP contribution in [-0.2, 0) is 4.79 Å². The molecule has 2 nitrogen and oxygen atoms in total. The van der Waals surface area contributed by atoms with E-state index in [4.69, 9.17) is 5.11 Å². The summed E-state index contributed by atoms with van der Waals surface area (Å²) in [7, 11) is 0. The van der Waals surface area contributed by atoms with Crippen LogP contribution in [0.3, 0.4) is 0 Å². The van der Waals surface area contributed by atoms with Crippen molar-refractivity contribution in [2.45, 2.75) is 13.3 Å². The van der Waals surface area contributed by atoms with Crippen LogP contribution in [-0.4, -0.2) is 15.5 Å². The van der Waals surface area contributed by atoms with E-state index in [2.05, 4.69) is 22.6 Å². The zero-order chi connectivity index (χ0) is 6.57. The molecule has 0 aliphatic heterocycles. The average Bonchev–Trinajstić information content (AvgIpc) is 1.65. The average molecular weight is 228 g/mol. The van der Waals surface area contributed by atoms with E-state index >= 15 is 0 Å². The summed E-state index contributed by atoms with van der Waals surface area (Å²) < 4.78 is 0.921. The SMILES string of the molecule is C[C@@H](CI)CC(=O)O. The number of aliphatic carboxylic acids is 1. The van der Waals surface area contributed by atoms with Crippen LogP contribution in [0, 0.1) is 5.92 Å². The smallest absolute Gasteiger partial charge is 0.303 e. The topological polar surface area (TPSA) is 37.3 Å². The first-order valence-corrected chi connectivity index (χ1v) is 3.97. The lowest BCUT2D eigenvalue weighted by atomic mass is 10.1. The van der Waals surface area contributed by atoms with Gasteiger partial charge in [0.15, 0.2) is 0 Å². The van der Waals surface area contributed by atoms with Crippen LogP contribution in [0.25, 0.3) is 0 Å². The van der Waals surface area contributed by atoms with Gasteiger partial charge >= 0.3 is 5.97 Å². The molecule has 0 fully saturated rings. The standard InChI is InChI=1S/C5H9IO2/c1-4(3-6)2-5(7)8/h4H,2-3H2,1H3,(H,7,8)/t4-/m1/s1. The molecule has 0 spiro atoms. The maximum atomic E-state index is 9.97. The summed E-state index contributed by atoms with van der Waals surface area (Å²) in [6, 6.07) is 0. The third-order valence-electron chi connectivity index (χ3n) is 0.786. The van der Waals surface area contributed by atoms with Crippen molar-refractivity contribution in [2.75, 3.05) is 4.43 Å². The van der Waals surface area contributed by atoms with Gasteiger partial charge in [-0.1, -0.05) is 29.5 Å². The Morgan fingerprint density at radius 2 is 2.38 bits per heavy atom. The van der Waals surface area contributed by atoms with Crippen LogP contribution in [0.4, 0.5) is 0 Å². The lowest BCUT2D eigenvalue weighted by Crippen LogP contribution is -2.04. The monoisotopic (exact) mass is 228 g/mol. The Labute approximate surface area is 62.4 Å². The number of carbonyl (C=O) groups is 1. The van der Waals surface area contributed by atoms with Crippen molar-refractivity contribution in [1.82, 2.24) is 0 Å². The summed E-state index contributed by atoms with van der Waals surface area (Å²) in [6.07, 6.45) is 0.295. The molecule has 0 rings (SSSR count). The molecular weight excluding hydrogens is 219 g/mol. The fraction of sp³-hybridized carbons (Fsp3) is 0.800. The molecule has 0 heterocycles. The molecule has 0 aromatic heterocycles. The maximum absolute atomic E-state index is 9.97. The number of alkyl halides is 1. The zero-order valence-corrected chi connectivity index (χ0v) is 6.88. The maximum Gasteiger partial charge on any atom is 0.303 e. The minimum absolute atomic E-state index is 0.295. The van der Waals surface area contributed by atoms with E-state index < -0.39 is 5.97 Å². The van der Waals surface area contributed by atoms with Gasteiger partial charge in [0.05, 0.1) is 0 Å². The third kappa shape index (κ3) is 4.36. The van der Waals surface area contributed by atoms with Crippen molar-refractivity contribution >= 4 is 28.6 Å². The Morgan fingerprint density at radius 1 is 1.88 bits per heavy atom. The van der Waals surface area contributed by atoms with Gasteiger partial charge in [0.1, 0.15) is 0 Å². The van der Waals surface area contributed by atoms with Gasteiger partial charge in [0.2, 0.25) is 0 Å². The van der Waals surface area contributed by atoms with E-state index in [-0.39, 0.29) is 0 Å². The van der Waals surface area contributed by atoms with E-state index in [9.17, 15) is 4.79 Å². The lowest BCUT2D eigenvalue weighted by molar-refractivity contribution is -0.137. The number of carboxylic acid groups (broad SMARTS) is 1. The number of carboxylic acids is 1. The summed E-state index contributed by atoms with van der Waals surface area (Å²) in [5.41, 5.74) is 0. The normalized spacial score (nSPS) is 13.2. The van der Waals surface area contributed by atoms with Gasteiger partial charge in [-0.2, -0.15) is 0 Å². The molecule has 0 saturated heterocycles. The molecule has 0 bridgehead atoms. The van der Waals surface area contributed by atoms with Crippen molar-refractivity contribution in [2.24, 2.45) is 5.92 Å². The molecule has 0 aliphatic rings. The van der Waals surface area contributed by atoms with Gasteiger partial charge in [-0.15, -0.1) is 0 Å². The van der Waals surface area contributed by atoms with Gasteiger partial charge in [-0.05, 0) is 5.92 Å². The molecule has 0 amide bonds. The molecule has 1 atom stereocenters. The zero-order valence-electron chi connectivity index (χ0n) is 4.72. The van der Waals surface area contributed by atoms with Crippen molar-refractivity contribution in [1.29, 1.82) is 0 Å². The highest BCUT2D eigenvalue weighted by Crippen LogP contribution is 2.04. The van der Waals surface area contributed by atoms with Gasteiger partial charge < -0.3 is 5.11 Å². The number of hydrogen-bond donors (Lipinski definition) is 1. The van der Waals surface area contributed by atoms with Crippen molar-refractivity contribution in [3.8, 4) is 0 Å². The Bertz CT molecular complexity index is 82.5. The van der Waals surface area contributed by atoms with Crippen LogP contribution >= 0.6 is 22.6 Å². The fourth-order valence-electron chi connectivity index (χ4n) is 0.353. The molecule has 0 saturated carbocycles. The van der Waals surface area contributed by atoms with Crippen LogP contribution < -0.4 is 0 Å². The molecule has 48 valence electrons. The van der Waals surface area contributed by atoms with Crippen molar-refractivity contribution in [3.63, 3.8) is 0 Å². The molecule has 8 heavy (non-hydrogen) atoms. The predicted octanol–water partition coefficient (Wildman–Crippen LogP) is 1.53. The Morgan fingerprint density at radius 3 is 2.50 bits per heavy atom. The van der Waals surface area contributed by atoms with Crippen molar-refractivity contribution < 1.29 is 9.90 Å². The van der Waals surface area contributed by atoms with E-state index in [1.807, 2.05) is 6.92 Å². The third-order valence-corrected chi connectivity index (χ3v) is 2.29. The first-order valence-electron chi connectivity index (χ1n) is 2.44. The molecule has 0 aromatic carbocycles. The largest absolute Gasteiger partial charge is 0.481 e. The molecule has 0 aromatic rings. The molecule has 0 unspecified atom stereocenters. The highest BCUT2D eigenvalue weighted by atomic mass is 127. The van der Waals surface area contributed by atoms with E-state index in [1.54, 1.807) is 0 Å². The summed E-state index contributed by atoms with van der Waals surface area (Å²) >= 11 is 2.18. The number of hydrogen-bond acceptors (Lipinski definition) is 1. The second kappa shape index (κ2) is 4.12. The molecular formula is C5H9IO2. The van der Waals surface area contributed by atoms with Crippen molar-refractivity contribution in [3.05, 3.63) is 0 Å². The quantitative estimate of drug-likeness (QED) is 0.587. The van der Waals surface area contributed by atoms with Gasteiger partial charge in [0.25, 0.3) is 0 Å². The fourth-order valence-corrected chi connectivity index (χ4v) is 0.664. The van der Waals surface area contributed by atoms with Crippen LogP contribution in [0.5, 0.6) is 0 Å². The molecule has 3 heteroatoms. The minimum Gasteiger partial charge on any atom is -0.481 e. The Balaban J connectivity index is 3.24. The highest BCUT2D eigenvalue weighted by Gasteiger charge is 2.03. The molecule has 0 aliphatic carbocycles. The number of halogens is 1. The number of rotatable bonds is 3. The Hall–Kier alpha value is 0.200. The van der Waals surface area contributed by atoms with E-state index in [0.717, 1.165) is 4.43 Å². The second-order valence-electron chi connectivity index (χ2n) is 1.86. The first-order chi connectivity index (χ1) is 3.66. The lowest BCUT2D eigenvalue weighted by Gasteiger charge is -1.99. The molecule has 1 N–H and O–H groups in total. The van der Waals surface area contributed by atoms with Gasteiger partial charge in [0, 0.05) is 10.8 Å². The van der Waals surface area contributed by atoms with Crippen LogP contribution in [0.2, 0.25) is 0 Å². The summed E-state index contributed by atoms with van der Waals surface area (Å²) in [5.74, 6) is -0.387. The minimum atomic E-state index is -0.700. The van der Waals surface area contributed by atoms with Crippen LogP contribution in [0.15, 0.2) is 0 Å². The summed E-state index contributed by atoms with van der Waals surface area (Å²) in [5, 5.41) is 8.21. The Kier molecular flexibility index (Phi) is 4.22.